The number of para-hydroxylation sites is 1. The van der Waals surface area contributed by atoms with Crippen LogP contribution in [0.15, 0.2) is 40.8 Å². The van der Waals surface area contributed by atoms with Crippen LogP contribution in [0.2, 0.25) is 0 Å². The molecule has 21 heavy (non-hydrogen) atoms. The maximum atomic E-state index is 12.4. The number of imide groups is 1. The van der Waals surface area contributed by atoms with Gasteiger partial charge in [-0.2, -0.15) is 0 Å². The molecule has 0 spiro atoms. The maximum absolute atomic E-state index is 12.4. The van der Waals surface area contributed by atoms with Gasteiger partial charge in [0.05, 0.1) is 11.3 Å². The van der Waals surface area contributed by atoms with E-state index in [1.54, 1.807) is 36.4 Å². The van der Waals surface area contributed by atoms with Gasteiger partial charge in [0.1, 0.15) is 18.1 Å². The molecule has 2 aromatic rings. The Morgan fingerprint density at radius 3 is 2.71 bits per heavy atom. The van der Waals surface area contributed by atoms with E-state index in [-0.39, 0.29) is 18.4 Å². The van der Waals surface area contributed by atoms with Gasteiger partial charge in [-0.15, -0.1) is 0 Å². The van der Waals surface area contributed by atoms with Crippen LogP contribution in [-0.4, -0.2) is 16.9 Å². The van der Waals surface area contributed by atoms with Gasteiger partial charge in [-0.25, -0.2) is 4.90 Å². The third-order valence-electron chi connectivity index (χ3n) is 3.31. The summed E-state index contributed by atoms with van der Waals surface area (Å²) in [6.07, 6.45) is 1.59. The average Bonchev–Trinajstić information content (AvgIpc) is 3.03. The van der Waals surface area contributed by atoms with E-state index in [1.165, 1.54) is 6.92 Å². The minimum absolute atomic E-state index is 0.201. The lowest BCUT2D eigenvalue weighted by molar-refractivity contribution is -0.122. The van der Waals surface area contributed by atoms with Crippen LogP contribution in [0, 0.1) is 0 Å². The van der Waals surface area contributed by atoms with E-state index in [9.17, 15) is 9.59 Å². The van der Waals surface area contributed by atoms with Gasteiger partial charge in [0.15, 0.2) is 0 Å². The Hall–Kier alpha value is -2.66. The molecule has 0 fully saturated rings. The molecule has 5 nitrogen and oxygen atoms in total. The molecule has 1 aromatic heterocycles. The molecule has 0 saturated carbocycles. The second kappa shape index (κ2) is 5.03. The molecule has 2 amide bonds. The van der Waals surface area contributed by atoms with E-state index in [2.05, 4.69) is 0 Å². The number of nitrogens with zero attached hydrogens (tertiary/aromatic N) is 1. The van der Waals surface area contributed by atoms with Gasteiger partial charge in [0.25, 0.3) is 5.91 Å². The summed E-state index contributed by atoms with van der Waals surface area (Å²) in [6, 6.07) is 10.4. The van der Waals surface area contributed by atoms with Gasteiger partial charge in [-0.1, -0.05) is 18.2 Å². The molecule has 0 radical (unpaired) electrons. The van der Waals surface area contributed by atoms with E-state index in [4.69, 9.17) is 9.52 Å². The highest BCUT2D eigenvalue weighted by Crippen LogP contribution is 2.37. The minimum Gasteiger partial charge on any atom is -0.459 e. The van der Waals surface area contributed by atoms with Crippen molar-refractivity contribution in [3.05, 3.63) is 53.5 Å². The van der Waals surface area contributed by atoms with E-state index >= 15 is 0 Å². The molecule has 1 aliphatic heterocycles. The van der Waals surface area contributed by atoms with Crippen molar-refractivity contribution in [1.29, 1.82) is 0 Å². The zero-order valence-corrected chi connectivity index (χ0v) is 11.4. The summed E-state index contributed by atoms with van der Waals surface area (Å²) in [5.41, 5.74) is 1.68. The highest BCUT2D eigenvalue weighted by atomic mass is 16.4. The number of rotatable bonds is 2. The van der Waals surface area contributed by atoms with E-state index in [0.717, 1.165) is 4.90 Å². The van der Waals surface area contributed by atoms with Crippen molar-refractivity contribution in [1.82, 2.24) is 0 Å². The Bertz CT molecular complexity index is 757. The fourth-order valence-corrected chi connectivity index (χ4v) is 2.39. The smallest absolute Gasteiger partial charge is 0.265 e. The molecule has 0 unspecified atom stereocenters. The van der Waals surface area contributed by atoms with Crippen molar-refractivity contribution < 1.29 is 19.1 Å². The summed E-state index contributed by atoms with van der Waals surface area (Å²) >= 11 is 0. The monoisotopic (exact) mass is 283 g/mol. The van der Waals surface area contributed by atoms with Gasteiger partial charge in [-0.3, -0.25) is 9.59 Å². The van der Waals surface area contributed by atoms with Crippen LogP contribution in [0.3, 0.4) is 0 Å². The summed E-state index contributed by atoms with van der Waals surface area (Å²) in [6.45, 7) is 1.15. The summed E-state index contributed by atoms with van der Waals surface area (Å²) in [5, 5.41) is 9.00. The topological polar surface area (TPSA) is 70.8 Å². The number of carbonyl (C=O) groups excluding carboxylic acids is 2. The van der Waals surface area contributed by atoms with Gasteiger partial charge in [0, 0.05) is 12.5 Å². The number of amides is 2. The Morgan fingerprint density at radius 2 is 2.05 bits per heavy atom. The average molecular weight is 283 g/mol. The number of fused-ring (bicyclic) bond motifs is 1. The number of aliphatic hydroxyl groups excluding tert-OH is 1. The third-order valence-corrected chi connectivity index (χ3v) is 3.31. The van der Waals surface area contributed by atoms with Gasteiger partial charge >= 0.3 is 0 Å². The molecule has 3 rings (SSSR count). The zero-order chi connectivity index (χ0) is 15.0. The van der Waals surface area contributed by atoms with Gasteiger partial charge in [-0.05, 0) is 24.3 Å². The van der Waals surface area contributed by atoms with Crippen molar-refractivity contribution >= 4 is 29.2 Å². The molecule has 1 aliphatic rings. The summed E-state index contributed by atoms with van der Waals surface area (Å²) in [4.78, 5) is 25.3. The Balaban J connectivity index is 2.10. The first-order valence-corrected chi connectivity index (χ1v) is 6.47. The summed E-state index contributed by atoms with van der Waals surface area (Å²) < 4.78 is 5.37. The summed E-state index contributed by atoms with van der Waals surface area (Å²) in [7, 11) is 0. The molecule has 1 aromatic carbocycles. The zero-order valence-electron chi connectivity index (χ0n) is 11.4. The minimum atomic E-state index is -0.370. The molecule has 0 aliphatic carbocycles. The number of hydrogen-bond acceptors (Lipinski definition) is 4. The molecule has 0 saturated heterocycles. The molecule has 5 heteroatoms. The Kier molecular flexibility index (Phi) is 3.19. The third kappa shape index (κ3) is 2.17. The molecule has 106 valence electrons. The molecular formula is C16H13NO4. The second-order valence-electron chi connectivity index (χ2n) is 4.70. The normalized spacial score (nSPS) is 15.6. The lowest BCUT2D eigenvalue weighted by Crippen LogP contribution is -2.30. The number of furan rings is 1. The SMILES string of the molecule is CC(=O)N1C(=O)C(=Cc2ccc(CO)o2)c2ccccc21. The van der Waals surface area contributed by atoms with E-state index in [1.807, 2.05) is 6.07 Å². The molecule has 1 N–H and O–H groups in total. The van der Waals surface area contributed by atoms with Gasteiger partial charge < -0.3 is 9.52 Å². The quantitative estimate of drug-likeness (QED) is 0.858. The number of aliphatic hydroxyl groups is 1. The maximum Gasteiger partial charge on any atom is 0.265 e. The van der Waals surface area contributed by atoms with E-state index < -0.39 is 0 Å². The largest absolute Gasteiger partial charge is 0.459 e. The van der Waals surface area contributed by atoms with Crippen molar-refractivity contribution in [2.24, 2.45) is 0 Å². The van der Waals surface area contributed by atoms with Crippen LogP contribution in [-0.2, 0) is 16.2 Å². The van der Waals surface area contributed by atoms with Crippen LogP contribution in [0.25, 0.3) is 11.6 Å². The van der Waals surface area contributed by atoms with Crippen molar-refractivity contribution in [3.63, 3.8) is 0 Å². The number of anilines is 1. The lowest BCUT2D eigenvalue weighted by atomic mass is 10.1. The first-order chi connectivity index (χ1) is 10.1. The number of hydrogen-bond donors (Lipinski definition) is 1. The van der Waals surface area contributed by atoms with Crippen molar-refractivity contribution in [2.75, 3.05) is 4.90 Å². The molecule has 2 heterocycles. The number of carbonyl (C=O) groups is 2. The van der Waals surface area contributed by atoms with Gasteiger partial charge in [0.2, 0.25) is 5.91 Å². The van der Waals surface area contributed by atoms with Crippen molar-refractivity contribution in [2.45, 2.75) is 13.5 Å². The highest BCUT2D eigenvalue weighted by Gasteiger charge is 2.34. The fraction of sp³-hybridized carbons (Fsp3) is 0.125. The Labute approximate surface area is 121 Å². The van der Waals surface area contributed by atoms with Crippen LogP contribution >= 0.6 is 0 Å². The first-order valence-electron chi connectivity index (χ1n) is 6.47. The highest BCUT2D eigenvalue weighted by molar-refractivity contribution is 6.41. The van der Waals surface area contributed by atoms with Crippen LogP contribution in [0.5, 0.6) is 0 Å². The predicted molar refractivity (Wildman–Crippen MR) is 77.1 cm³/mol. The molecular weight excluding hydrogens is 270 g/mol. The lowest BCUT2D eigenvalue weighted by Gasteiger charge is -2.11. The van der Waals surface area contributed by atoms with Crippen LogP contribution < -0.4 is 4.90 Å². The second-order valence-corrected chi connectivity index (χ2v) is 4.70. The van der Waals surface area contributed by atoms with Crippen LogP contribution in [0.1, 0.15) is 24.0 Å². The summed E-state index contributed by atoms with van der Waals surface area (Å²) in [5.74, 6) is 0.184. The van der Waals surface area contributed by atoms with Crippen molar-refractivity contribution in [3.8, 4) is 0 Å². The first kappa shape index (κ1) is 13.3. The Morgan fingerprint density at radius 1 is 1.29 bits per heavy atom. The standard InChI is InChI=1S/C16H13NO4/c1-10(19)17-15-5-3-2-4-13(15)14(16(17)20)8-11-6-7-12(9-18)21-11/h2-8,18H,9H2,1H3. The van der Waals surface area contributed by atoms with E-state index in [0.29, 0.717) is 28.3 Å². The molecule has 0 bridgehead atoms. The molecule has 0 atom stereocenters. The predicted octanol–water partition coefficient (Wildman–Crippen LogP) is 2.21. The van der Waals surface area contributed by atoms with Crippen LogP contribution in [0.4, 0.5) is 5.69 Å². The fourth-order valence-electron chi connectivity index (χ4n) is 2.39. The number of benzene rings is 1.